The van der Waals surface area contributed by atoms with Crippen molar-refractivity contribution in [3.8, 4) is 0 Å². The molecule has 0 aromatic carbocycles. The third-order valence-corrected chi connectivity index (χ3v) is 5.89. The number of nitrogens with zero attached hydrogens (tertiary/aromatic N) is 1. The Morgan fingerprint density at radius 2 is 2.00 bits per heavy atom. The SMILES string of the molecule is Cc1cc(C)c(C(=O)N2CCC(CC(=O)NCCC3=CCCCC3)CC2)[nH]1. The van der Waals surface area contributed by atoms with Crippen LogP contribution in [-0.2, 0) is 4.79 Å². The summed E-state index contributed by atoms with van der Waals surface area (Å²) in [6, 6.07) is 2.01. The molecule has 0 unspecified atom stereocenters. The van der Waals surface area contributed by atoms with Gasteiger partial charge in [0.1, 0.15) is 5.69 Å². The van der Waals surface area contributed by atoms with Crippen LogP contribution >= 0.6 is 0 Å². The number of aryl methyl sites for hydroxylation is 2. The number of aromatic amines is 1. The van der Waals surface area contributed by atoms with E-state index in [9.17, 15) is 9.59 Å². The summed E-state index contributed by atoms with van der Waals surface area (Å²) in [7, 11) is 0. The van der Waals surface area contributed by atoms with Crippen molar-refractivity contribution in [3.05, 3.63) is 34.7 Å². The van der Waals surface area contributed by atoms with Gasteiger partial charge in [-0.05, 0) is 76.3 Å². The number of carbonyl (C=O) groups is 2. The number of nitrogens with one attached hydrogen (secondary N) is 2. The number of likely N-dealkylation sites (tertiary alicyclic amines) is 1. The third kappa shape index (κ3) is 5.47. The molecular formula is C22H33N3O2. The van der Waals surface area contributed by atoms with Gasteiger partial charge < -0.3 is 15.2 Å². The van der Waals surface area contributed by atoms with Crippen LogP contribution in [0.15, 0.2) is 17.7 Å². The fraction of sp³-hybridized carbons (Fsp3) is 0.636. The maximum absolute atomic E-state index is 12.7. The number of rotatable bonds is 6. The second-order valence-electron chi connectivity index (χ2n) is 8.16. The molecule has 1 aromatic rings. The van der Waals surface area contributed by atoms with Crippen molar-refractivity contribution < 1.29 is 9.59 Å². The van der Waals surface area contributed by atoms with Crippen LogP contribution in [0.4, 0.5) is 0 Å². The van der Waals surface area contributed by atoms with Crippen molar-refractivity contribution in [2.24, 2.45) is 5.92 Å². The lowest BCUT2D eigenvalue weighted by Gasteiger charge is -2.31. The zero-order valence-electron chi connectivity index (χ0n) is 16.8. The summed E-state index contributed by atoms with van der Waals surface area (Å²) in [5, 5.41) is 3.08. The van der Waals surface area contributed by atoms with E-state index < -0.39 is 0 Å². The molecule has 1 aromatic heterocycles. The first-order chi connectivity index (χ1) is 13.0. The van der Waals surface area contributed by atoms with E-state index in [4.69, 9.17) is 0 Å². The summed E-state index contributed by atoms with van der Waals surface area (Å²) in [6.45, 7) is 6.17. The van der Waals surface area contributed by atoms with Gasteiger partial charge in [0.05, 0.1) is 0 Å². The largest absolute Gasteiger partial charge is 0.356 e. The maximum Gasteiger partial charge on any atom is 0.270 e. The molecule has 0 saturated carbocycles. The number of aromatic nitrogens is 1. The smallest absolute Gasteiger partial charge is 0.270 e. The van der Waals surface area contributed by atoms with Gasteiger partial charge in [0.2, 0.25) is 5.91 Å². The monoisotopic (exact) mass is 371 g/mol. The molecule has 2 amide bonds. The van der Waals surface area contributed by atoms with Gasteiger partial charge in [-0.25, -0.2) is 0 Å². The quantitative estimate of drug-likeness (QED) is 0.745. The molecule has 27 heavy (non-hydrogen) atoms. The number of hydrogen-bond donors (Lipinski definition) is 2. The first-order valence-corrected chi connectivity index (χ1v) is 10.4. The van der Waals surface area contributed by atoms with E-state index in [2.05, 4.69) is 16.4 Å². The van der Waals surface area contributed by atoms with Gasteiger partial charge >= 0.3 is 0 Å². The molecule has 1 aliphatic carbocycles. The summed E-state index contributed by atoms with van der Waals surface area (Å²) in [6.07, 6.45) is 10.7. The van der Waals surface area contributed by atoms with Gasteiger partial charge in [-0.15, -0.1) is 0 Å². The van der Waals surface area contributed by atoms with E-state index >= 15 is 0 Å². The van der Waals surface area contributed by atoms with E-state index in [1.54, 1.807) is 0 Å². The molecule has 148 valence electrons. The lowest BCUT2D eigenvalue weighted by atomic mass is 9.93. The minimum Gasteiger partial charge on any atom is -0.356 e. The summed E-state index contributed by atoms with van der Waals surface area (Å²) < 4.78 is 0. The van der Waals surface area contributed by atoms with Crippen molar-refractivity contribution in [2.45, 2.75) is 65.2 Å². The summed E-state index contributed by atoms with van der Waals surface area (Å²) in [5.41, 5.74) is 4.24. The van der Waals surface area contributed by atoms with Crippen LogP contribution in [0.3, 0.4) is 0 Å². The Morgan fingerprint density at radius 1 is 1.22 bits per heavy atom. The van der Waals surface area contributed by atoms with Crippen molar-refractivity contribution in [2.75, 3.05) is 19.6 Å². The molecule has 2 N–H and O–H groups in total. The number of hydrogen-bond acceptors (Lipinski definition) is 2. The second kappa shape index (κ2) is 9.25. The highest BCUT2D eigenvalue weighted by molar-refractivity contribution is 5.94. The average Bonchev–Trinajstić information content (AvgIpc) is 3.01. The molecule has 0 radical (unpaired) electrons. The number of allylic oxidation sites excluding steroid dienone is 1. The van der Waals surface area contributed by atoms with Crippen LogP contribution in [0, 0.1) is 19.8 Å². The van der Waals surface area contributed by atoms with Gasteiger partial charge in [0.15, 0.2) is 0 Å². The van der Waals surface area contributed by atoms with Gasteiger partial charge in [-0.3, -0.25) is 9.59 Å². The molecule has 0 spiro atoms. The minimum absolute atomic E-state index is 0.0873. The zero-order chi connectivity index (χ0) is 19.2. The van der Waals surface area contributed by atoms with E-state index in [1.165, 1.54) is 31.3 Å². The molecule has 1 saturated heterocycles. The highest BCUT2D eigenvalue weighted by atomic mass is 16.2. The minimum atomic E-state index is 0.0873. The highest BCUT2D eigenvalue weighted by Crippen LogP contribution is 2.23. The normalized spacial score (nSPS) is 18.3. The fourth-order valence-corrected chi connectivity index (χ4v) is 4.28. The van der Waals surface area contributed by atoms with E-state index in [0.29, 0.717) is 18.0 Å². The molecule has 0 atom stereocenters. The van der Waals surface area contributed by atoms with Crippen LogP contribution in [0.1, 0.15) is 73.1 Å². The summed E-state index contributed by atoms with van der Waals surface area (Å²) >= 11 is 0. The molecule has 3 rings (SSSR count). The predicted molar refractivity (Wildman–Crippen MR) is 108 cm³/mol. The van der Waals surface area contributed by atoms with E-state index in [-0.39, 0.29) is 11.8 Å². The fourth-order valence-electron chi connectivity index (χ4n) is 4.28. The first kappa shape index (κ1) is 19.7. The lowest BCUT2D eigenvalue weighted by Crippen LogP contribution is -2.40. The lowest BCUT2D eigenvalue weighted by molar-refractivity contribution is -0.122. The first-order valence-electron chi connectivity index (χ1n) is 10.4. The molecular weight excluding hydrogens is 338 g/mol. The summed E-state index contributed by atoms with van der Waals surface area (Å²) in [5.74, 6) is 0.630. The van der Waals surface area contributed by atoms with Gasteiger partial charge in [0.25, 0.3) is 5.91 Å². The number of carbonyl (C=O) groups excluding carboxylic acids is 2. The maximum atomic E-state index is 12.7. The van der Waals surface area contributed by atoms with Crippen molar-refractivity contribution >= 4 is 11.8 Å². The number of amides is 2. The van der Waals surface area contributed by atoms with Gasteiger partial charge in [-0.1, -0.05) is 11.6 Å². The second-order valence-corrected chi connectivity index (χ2v) is 8.16. The molecule has 1 fully saturated rings. The predicted octanol–water partition coefficient (Wildman–Crippen LogP) is 3.88. The number of piperidine rings is 1. The Balaban J connectivity index is 1.37. The third-order valence-electron chi connectivity index (χ3n) is 5.89. The molecule has 5 heteroatoms. The van der Waals surface area contributed by atoms with Crippen molar-refractivity contribution in [1.82, 2.24) is 15.2 Å². The number of H-pyrrole nitrogens is 1. The molecule has 0 bridgehead atoms. The molecule has 2 aliphatic rings. The Morgan fingerprint density at radius 3 is 2.63 bits per heavy atom. The standard InChI is InChI=1S/C22H33N3O2/c1-16-14-17(2)24-21(16)22(27)25-12-9-19(10-13-25)15-20(26)23-11-8-18-6-4-3-5-7-18/h6,14,19,24H,3-5,7-13,15H2,1-2H3,(H,23,26). The Bertz CT molecular complexity index is 696. The van der Waals surface area contributed by atoms with Crippen LogP contribution in [-0.4, -0.2) is 41.3 Å². The average molecular weight is 372 g/mol. The Kier molecular flexibility index (Phi) is 6.75. The molecule has 2 heterocycles. The van der Waals surface area contributed by atoms with Crippen LogP contribution in [0.5, 0.6) is 0 Å². The molecule has 1 aliphatic heterocycles. The zero-order valence-corrected chi connectivity index (χ0v) is 16.8. The Hall–Kier alpha value is -2.04. The van der Waals surface area contributed by atoms with Crippen molar-refractivity contribution in [3.63, 3.8) is 0 Å². The Labute approximate surface area is 162 Å². The van der Waals surface area contributed by atoms with Gasteiger partial charge in [0, 0.05) is 31.7 Å². The van der Waals surface area contributed by atoms with E-state index in [0.717, 1.165) is 50.2 Å². The van der Waals surface area contributed by atoms with Crippen molar-refractivity contribution in [1.29, 1.82) is 0 Å². The topological polar surface area (TPSA) is 65.2 Å². The molecule has 5 nitrogen and oxygen atoms in total. The highest BCUT2D eigenvalue weighted by Gasteiger charge is 2.26. The summed E-state index contributed by atoms with van der Waals surface area (Å²) in [4.78, 5) is 30.0. The van der Waals surface area contributed by atoms with Gasteiger partial charge in [-0.2, -0.15) is 0 Å². The van der Waals surface area contributed by atoms with Crippen LogP contribution < -0.4 is 5.32 Å². The van der Waals surface area contributed by atoms with Crippen LogP contribution in [0.25, 0.3) is 0 Å². The van der Waals surface area contributed by atoms with E-state index in [1.807, 2.05) is 24.8 Å². The van der Waals surface area contributed by atoms with Crippen LogP contribution in [0.2, 0.25) is 0 Å².